The number of thiophene rings is 1. The van der Waals surface area contributed by atoms with Gasteiger partial charge in [0.15, 0.2) is 9.84 Å². The molecule has 0 aliphatic rings. The number of hydrogen-bond acceptors (Lipinski definition) is 6. The molecule has 1 heterocycles. The van der Waals surface area contributed by atoms with E-state index in [1.807, 2.05) is 25.1 Å². The molecule has 142 valence electrons. The Morgan fingerprint density at radius 1 is 0.926 bits per heavy atom. The van der Waals surface area contributed by atoms with Gasteiger partial charge in [0.2, 0.25) is 9.84 Å². The van der Waals surface area contributed by atoms with E-state index >= 15 is 0 Å². The zero-order valence-electron chi connectivity index (χ0n) is 15.1. The molecule has 0 fully saturated rings. The summed E-state index contributed by atoms with van der Waals surface area (Å²) in [5.74, 6) is 0. The molecule has 3 rings (SSSR count). The summed E-state index contributed by atoms with van der Waals surface area (Å²) in [6.07, 6.45) is 1.12. The molecule has 0 aliphatic carbocycles. The highest BCUT2D eigenvalue weighted by molar-refractivity contribution is 7.93. The van der Waals surface area contributed by atoms with Gasteiger partial charge in [-0.3, -0.25) is 0 Å². The smallest absolute Gasteiger partial charge is 0.216 e. The Balaban J connectivity index is 2.23. The van der Waals surface area contributed by atoms with Gasteiger partial charge in [0.1, 0.15) is 4.21 Å². The highest BCUT2D eigenvalue weighted by Crippen LogP contribution is 2.35. The number of nitrogens with one attached hydrogen (secondary N) is 1. The molecule has 2 aromatic carbocycles. The van der Waals surface area contributed by atoms with Crippen molar-refractivity contribution in [3.05, 3.63) is 60.2 Å². The molecule has 0 saturated carbocycles. The molecule has 0 saturated heterocycles. The minimum Gasteiger partial charge on any atom is -0.380 e. The van der Waals surface area contributed by atoms with Crippen molar-refractivity contribution in [1.29, 1.82) is 0 Å². The average Bonchev–Trinajstić information content (AvgIpc) is 3.10. The van der Waals surface area contributed by atoms with Crippen LogP contribution in [0.1, 0.15) is 5.56 Å². The van der Waals surface area contributed by atoms with Gasteiger partial charge in [-0.25, -0.2) is 16.8 Å². The second-order valence-corrected chi connectivity index (χ2v) is 11.4. The lowest BCUT2D eigenvalue weighted by Gasteiger charge is -2.12. The minimum atomic E-state index is -3.75. The van der Waals surface area contributed by atoms with Crippen molar-refractivity contribution < 1.29 is 16.8 Å². The maximum atomic E-state index is 13.0. The Labute approximate surface area is 163 Å². The molecular formula is C19H19NO4S3. The number of hydrogen-bond donors (Lipinski definition) is 1. The Morgan fingerprint density at radius 3 is 2.26 bits per heavy atom. The van der Waals surface area contributed by atoms with Gasteiger partial charge in [0, 0.05) is 18.9 Å². The largest absolute Gasteiger partial charge is 0.380 e. The van der Waals surface area contributed by atoms with Gasteiger partial charge in [0.05, 0.1) is 14.8 Å². The van der Waals surface area contributed by atoms with E-state index in [9.17, 15) is 16.8 Å². The van der Waals surface area contributed by atoms with E-state index in [1.165, 1.54) is 18.2 Å². The summed E-state index contributed by atoms with van der Waals surface area (Å²) in [5.41, 5.74) is 2.00. The third-order valence-corrected chi connectivity index (χ3v) is 8.58. The van der Waals surface area contributed by atoms with Crippen LogP contribution < -0.4 is 5.32 Å². The maximum absolute atomic E-state index is 13.0. The quantitative estimate of drug-likeness (QED) is 0.673. The van der Waals surface area contributed by atoms with Crippen molar-refractivity contribution in [3.8, 4) is 11.1 Å². The van der Waals surface area contributed by atoms with E-state index in [1.54, 1.807) is 25.2 Å². The van der Waals surface area contributed by atoms with Gasteiger partial charge in [-0.2, -0.15) is 0 Å². The van der Waals surface area contributed by atoms with E-state index in [2.05, 4.69) is 5.32 Å². The molecule has 0 aliphatic heterocycles. The Hall–Kier alpha value is -2.16. The van der Waals surface area contributed by atoms with Crippen LogP contribution in [0.25, 0.3) is 11.1 Å². The van der Waals surface area contributed by atoms with Gasteiger partial charge in [-0.15, -0.1) is 11.3 Å². The second-order valence-electron chi connectivity index (χ2n) is 6.17. The normalized spacial score (nSPS) is 12.1. The first kappa shape index (κ1) is 19.6. The Morgan fingerprint density at radius 2 is 1.67 bits per heavy atom. The summed E-state index contributed by atoms with van der Waals surface area (Å²) in [7, 11) is -5.55. The Bertz CT molecular complexity index is 1210. The summed E-state index contributed by atoms with van der Waals surface area (Å²) < 4.78 is 50.7. The SMILES string of the molecule is CNc1ccc(S(=O)(=O)c2ccc(S(C)(=O)=O)c(-c3cccc(C)c3)c2)s1. The molecule has 0 spiro atoms. The molecule has 0 amide bonds. The van der Waals surface area contributed by atoms with E-state index in [0.717, 1.165) is 28.2 Å². The molecule has 1 aromatic heterocycles. The van der Waals surface area contributed by atoms with E-state index < -0.39 is 19.7 Å². The van der Waals surface area contributed by atoms with Crippen LogP contribution in [0, 0.1) is 6.92 Å². The van der Waals surface area contributed by atoms with Crippen molar-refractivity contribution in [2.75, 3.05) is 18.6 Å². The average molecular weight is 422 g/mol. The lowest BCUT2D eigenvalue weighted by Crippen LogP contribution is -2.04. The first-order valence-electron chi connectivity index (χ1n) is 8.07. The van der Waals surface area contributed by atoms with Crippen molar-refractivity contribution in [1.82, 2.24) is 0 Å². The predicted octanol–water partition coefficient (Wildman–Crippen LogP) is 4.00. The van der Waals surface area contributed by atoms with Crippen molar-refractivity contribution in [3.63, 3.8) is 0 Å². The van der Waals surface area contributed by atoms with Crippen molar-refractivity contribution in [2.24, 2.45) is 0 Å². The van der Waals surface area contributed by atoms with E-state index in [0.29, 0.717) is 11.1 Å². The molecule has 0 bridgehead atoms. The van der Waals surface area contributed by atoms with Crippen LogP contribution >= 0.6 is 11.3 Å². The molecule has 27 heavy (non-hydrogen) atoms. The fraction of sp³-hybridized carbons (Fsp3) is 0.158. The molecule has 5 nitrogen and oxygen atoms in total. The highest BCUT2D eigenvalue weighted by Gasteiger charge is 2.23. The second kappa shape index (κ2) is 7.10. The molecule has 1 N–H and O–H groups in total. The first-order chi connectivity index (χ1) is 12.6. The van der Waals surface area contributed by atoms with Crippen LogP contribution in [0.4, 0.5) is 5.00 Å². The number of benzene rings is 2. The summed E-state index contributed by atoms with van der Waals surface area (Å²) >= 11 is 1.13. The molecule has 0 unspecified atom stereocenters. The summed E-state index contributed by atoms with van der Waals surface area (Å²) in [6.45, 7) is 1.90. The van der Waals surface area contributed by atoms with Crippen LogP contribution in [0.3, 0.4) is 0 Å². The van der Waals surface area contributed by atoms with Crippen LogP contribution in [-0.2, 0) is 19.7 Å². The van der Waals surface area contributed by atoms with Crippen molar-refractivity contribution in [2.45, 2.75) is 20.9 Å². The summed E-state index contributed by atoms with van der Waals surface area (Å²) in [6, 6.07) is 14.7. The van der Waals surface area contributed by atoms with Gasteiger partial charge < -0.3 is 5.32 Å². The third kappa shape index (κ3) is 3.92. The lowest BCUT2D eigenvalue weighted by molar-refractivity contribution is 0.596. The molecular weight excluding hydrogens is 402 g/mol. The highest BCUT2D eigenvalue weighted by atomic mass is 32.2. The number of aryl methyl sites for hydroxylation is 1. The zero-order chi connectivity index (χ0) is 19.8. The number of rotatable bonds is 5. The predicted molar refractivity (Wildman–Crippen MR) is 109 cm³/mol. The number of sulfone groups is 2. The van der Waals surface area contributed by atoms with Gasteiger partial charge in [-0.05, 0) is 42.8 Å². The van der Waals surface area contributed by atoms with Gasteiger partial charge in [-0.1, -0.05) is 29.8 Å². The fourth-order valence-electron chi connectivity index (χ4n) is 2.75. The lowest BCUT2D eigenvalue weighted by atomic mass is 10.0. The van der Waals surface area contributed by atoms with Crippen molar-refractivity contribution >= 4 is 36.0 Å². The van der Waals surface area contributed by atoms with Crippen LogP contribution in [0.5, 0.6) is 0 Å². The topological polar surface area (TPSA) is 80.3 Å². The fourth-order valence-corrected chi connectivity index (χ4v) is 6.23. The zero-order valence-corrected chi connectivity index (χ0v) is 17.5. The van der Waals surface area contributed by atoms with Crippen LogP contribution in [0.15, 0.2) is 68.6 Å². The van der Waals surface area contributed by atoms with Gasteiger partial charge in [0.25, 0.3) is 0 Å². The monoisotopic (exact) mass is 421 g/mol. The van der Waals surface area contributed by atoms with E-state index in [4.69, 9.17) is 0 Å². The summed E-state index contributed by atoms with van der Waals surface area (Å²) in [5, 5.41) is 3.65. The number of anilines is 1. The van der Waals surface area contributed by atoms with E-state index in [-0.39, 0.29) is 14.0 Å². The summed E-state index contributed by atoms with van der Waals surface area (Å²) in [4.78, 5) is 0.171. The van der Waals surface area contributed by atoms with Gasteiger partial charge >= 0.3 is 0 Å². The molecule has 8 heteroatoms. The minimum absolute atomic E-state index is 0.0657. The molecule has 0 atom stereocenters. The molecule has 3 aromatic rings. The standard InChI is InChI=1S/C19H19NO4S3/c1-13-5-4-6-14(11-13)16-12-15(7-8-17(16)26(3,21)22)27(23,24)19-10-9-18(20-2)25-19/h4-12,20H,1-3H3. The Kier molecular flexibility index (Phi) is 5.16. The third-order valence-electron chi connectivity index (χ3n) is 4.08. The first-order valence-corrected chi connectivity index (χ1v) is 12.3. The maximum Gasteiger partial charge on any atom is 0.216 e. The van der Waals surface area contributed by atoms with Crippen LogP contribution in [-0.4, -0.2) is 30.1 Å². The van der Waals surface area contributed by atoms with Crippen LogP contribution in [0.2, 0.25) is 0 Å². The molecule has 0 radical (unpaired) electrons.